The Morgan fingerprint density at radius 2 is 1.89 bits per heavy atom. The number of aryl methyl sites for hydroxylation is 1. The van der Waals surface area contributed by atoms with Crippen molar-refractivity contribution in [2.45, 2.75) is 12.8 Å². The molecule has 1 atom stereocenters. The highest BCUT2D eigenvalue weighted by molar-refractivity contribution is 5.66. The van der Waals surface area contributed by atoms with E-state index in [0.29, 0.717) is 5.88 Å². The second-order valence-electron chi connectivity index (χ2n) is 4.33. The Bertz CT molecular complexity index is 605. The van der Waals surface area contributed by atoms with Gasteiger partial charge < -0.3 is 4.74 Å². The highest BCUT2D eigenvalue weighted by Crippen LogP contribution is 2.37. The van der Waals surface area contributed by atoms with E-state index in [1.165, 1.54) is 5.56 Å². The maximum atomic E-state index is 5.32. The summed E-state index contributed by atoms with van der Waals surface area (Å²) >= 11 is 0. The van der Waals surface area contributed by atoms with Crippen LogP contribution in [0, 0.1) is 6.92 Å². The molecule has 0 fully saturated rings. The molecule has 18 heavy (non-hydrogen) atoms. The van der Waals surface area contributed by atoms with Crippen LogP contribution >= 0.6 is 0 Å². The number of nitrogens with zero attached hydrogens (tertiary/aromatic N) is 2. The van der Waals surface area contributed by atoms with E-state index in [4.69, 9.17) is 4.74 Å². The molecule has 1 unspecified atom stereocenters. The van der Waals surface area contributed by atoms with Crippen molar-refractivity contribution < 1.29 is 4.74 Å². The van der Waals surface area contributed by atoms with Gasteiger partial charge in [-0.3, -0.25) is 0 Å². The van der Waals surface area contributed by atoms with Gasteiger partial charge >= 0.3 is 0 Å². The van der Waals surface area contributed by atoms with Crippen molar-refractivity contribution in [3.63, 3.8) is 0 Å². The number of allylic oxidation sites excluding steroid dienone is 1. The van der Waals surface area contributed by atoms with Crippen molar-refractivity contribution in [2.24, 2.45) is 0 Å². The van der Waals surface area contributed by atoms with E-state index < -0.39 is 0 Å². The molecule has 1 aliphatic rings. The molecule has 2 aromatic rings. The van der Waals surface area contributed by atoms with Gasteiger partial charge in [-0.2, -0.15) is 4.98 Å². The zero-order valence-electron chi connectivity index (χ0n) is 10.4. The van der Waals surface area contributed by atoms with E-state index in [2.05, 4.69) is 28.2 Å². The van der Waals surface area contributed by atoms with Gasteiger partial charge in [-0.1, -0.05) is 42.5 Å². The van der Waals surface area contributed by atoms with Crippen LogP contribution in [0.25, 0.3) is 6.08 Å². The molecule has 0 saturated carbocycles. The third-order valence-electron chi connectivity index (χ3n) is 3.15. The van der Waals surface area contributed by atoms with Crippen molar-refractivity contribution in [1.82, 2.24) is 9.97 Å². The number of fused-ring (bicyclic) bond motifs is 1. The number of hydrogen-bond acceptors (Lipinski definition) is 3. The lowest BCUT2D eigenvalue weighted by Crippen LogP contribution is -2.04. The lowest BCUT2D eigenvalue weighted by Gasteiger charge is -2.12. The van der Waals surface area contributed by atoms with Crippen LogP contribution in [0.2, 0.25) is 0 Å². The zero-order valence-corrected chi connectivity index (χ0v) is 10.4. The van der Waals surface area contributed by atoms with Gasteiger partial charge in [0.05, 0.1) is 18.4 Å². The topological polar surface area (TPSA) is 35.0 Å². The molecule has 0 saturated heterocycles. The summed E-state index contributed by atoms with van der Waals surface area (Å²) in [5.74, 6) is 1.61. The summed E-state index contributed by atoms with van der Waals surface area (Å²) < 4.78 is 5.32. The molecular weight excluding hydrogens is 224 g/mol. The van der Waals surface area contributed by atoms with Crippen LogP contribution in [0.15, 0.2) is 36.4 Å². The quantitative estimate of drug-likeness (QED) is 0.806. The average Bonchev–Trinajstić information content (AvgIpc) is 2.82. The summed E-state index contributed by atoms with van der Waals surface area (Å²) in [4.78, 5) is 8.87. The highest BCUT2D eigenvalue weighted by Gasteiger charge is 2.24. The molecule has 0 amide bonds. The first kappa shape index (κ1) is 11.0. The number of aromatic nitrogens is 2. The Kier molecular flexibility index (Phi) is 2.59. The molecule has 1 aromatic carbocycles. The van der Waals surface area contributed by atoms with Gasteiger partial charge in [-0.15, -0.1) is 0 Å². The monoisotopic (exact) mass is 238 g/mol. The fourth-order valence-corrected chi connectivity index (χ4v) is 2.34. The highest BCUT2D eigenvalue weighted by atomic mass is 16.5. The zero-order chi connectivity index (χ0) is 12.5. The number of methoxy groups -OCH3 is 1. The molecular formula is C15H14N2O. The summed E-state index contributed by atoms with van der Waals surface area (Å²) in [5, 5.41) is 0. The smallest absolute Gasteiger partial charge is 0.224 e. The minimum atomic E-state index is 0.205. The maximum absolute atomic E-state index is 5.32. The number of rotatable bonds is 2. The van der Waals surface area contributed by atoms with Crippen molar-refractivity contribution in [2.75, 3.05) is 7.11 Å². The summed E-state index contributed by atoms with van der Waals surface area (Å²) in [6.45, 7) is 1.89. The Morgan fingerprint density at radius 3 is 2.61 bits per heavy atom. The normalized spacial score (nSPS) is 16.7. The Hall–Kier alpha value is -2.16. The number of ether oxygens (including phenoxy) is 1. The molecule has 3 nitrogen and oxygen atoms in total. The van der Waals surface area contributed by atoms with Crippen LogP contribution in [0.1, 0.15) is 28.6 Å². The first-order chi connectivity index (χ1) is 8.79. The van der Waals surface area contributed by atoms with Gasteiger partial charge in [-0.05, 0) is 12.5 Å². The van der Waals surface area contributed by atoms with Crippen LogP contribution < -0.4 is 4.74 Å². The van der Waals surface area contributed by atoms with Crippen LogP contribution in [-0.2, 0) is 0 Å². The van der Waals surface area contributed by atoms with Crippen LogP contribution in [0.3, 0.4) is 0 Å². The van der Waals surface area contributed by atoms with E-state index in [1.54, 1.807) is 7.11 Å². The van der Waals surface area contributed by atoms with Gasteiger partial charge in [-0.25, -0.2) is 4.98 Å². The summed E-state index contributed by atoms with van der Waals surface area (Å²) in [6, 6.07) is 10.4. The second kappa shape index (κ2) is 4.26. The Labute approximate surface area is 106 Å². The van der Waals surface area contributed by atoms with Gasteiger partial charge in [0.15, 0.2) is 0 Å². The van der Waals surface area contributed by atoms with Gasteiger partial charge in [0.25, 0.3) is 0 Å². The van der Waals surface area contributed by atoms with Crippen LogP contribution in [0.4, 0.5) is 0 Å². The Balaban J connectivity index is 2.12. The van der Waals surface area contributed by atoms with Crippen molar-refractivity contribution in [3.8, 4) is 5.88 Å². The molecule has 0 radical (unpaired) electrons. The maximum Gasteiger partial charge on any atom is 0.224 e. The van der Waals surface area contributed by atoms with Gasteiger partial charge in [0.2, 0.25) is 5.88 Å². The molecule has 0 N–H and O–H groups in total. The first-order valence-corrected chi connectivity index (χ1v) is 5.95. The van der Waals surface area contributed by atoms with Crippen LogP contribution in [-0.4, -0.2) is 17.1 Å². The number of hydrogen-bond donors (Lipinski definition) is 0. The molecule has 1 aromatic heterocycles. The first-order valence-electron chi connectivity index (χ1n) is 5.95. The molecule has 3 heteroatoms. The minimum Gasteiger partial charge on any atom is -0.480 e. The number of benzene rings is 1. The standard InChI is InChI=1S/C15H14N2O/c1-10-16-14-12(11-6-4-3-5-7-11)8-9-13(14)15(17-10)18-2/h3-9,12H,1-2H3. The Morgan fingerprint density at radius 1 is 1.11 bits per heavy atom. The van der Waals surface area contributed by atoms with Crippen LogP contribution in [0.5, 0.6) is 5.88 Å². The molecule has 1 heterocycles. The minimum absolute atomic E-state index is 0.205. The predicted molar refractivity (Wildman–Crippen MR) is 70.6 cm³/mol. The molecule has 0 bridgehead atoms. The molecule has 0 spiro atoms. The van der Waals surface area contributed by atoms with E-state index in [9.17, 15) is 0 Å². The van der Waals surface area contributed by atoms with Gasteiger partial charge in [0.1, 0.15) is 5.82 Å². The third kappa shape index (κ3) is 1.68. The molecule has 3 rings (SSSR count). The van der Waals surface area contributed by atoms with E-state index in [-0.39, 0.29) is 5.92 Å². The fraction of sp³-hybridized carbons (Fsp3) is 0.200. The van der Waals surface area contributed by atoms with E-state index in [0.717, 1.165) is 17.1 Å². The summed E-state index contributed by atoms with van der Waals surface area (Å²) in [7, 11) is 1.64. The second-order valence-corrected chi connectivity index (χ2v) is 4.33. The van der Waals surface area contributed by atoms with Gasteiger partial charge in [0, 0.05) is 5.92 Å². The third-order valence-corrected chi connectivity index (χ3v) is 3.15. The average molecular weight is 238 g/mol. The fourth-order valence-electron chi connectivity index (χ4n) is 2.34. The van der Waals surface area contributed by atoms with E-state index in [1.807, 2.05) is 31.2 Å². The lowest BCUT2D eigenvalue weighted by molar-refractivity contribution is 0.394. The van der Waals surface area contributed by atoms with E-state index >= 15 is 0 Å². The van der Waals surface area contributed by atoms with Crippen molar-refractivity contribution in [3.05, 3.63) is 59.1 Å². The molecule has 0 aliphatic heterocycles. The molecule has 90 valence electrons. The SMILES string of the molecule is COc1nc(C)nc2c1C=CC2c1ccccc1. The van der Waals surface area contributed by atoms with Crippen molar-refractivity contribution >= 4 is 6.08 Å². The van der Waals surface area contributed by atoms with Crippen molar-refractivity contribution in [1.29, 1.82) is 0 Å². The predicted octanol–water partition coefficient (Wildman–Crippen LogP) is 2.95. The lowest BCUT2D eigenvalue weighted by atomic mass is 9.98. The summed E-state index contributed by atoms with van der Waals surface area (Å²) in [6.07, 6.45) is 4.20. The largest absolute Gasteiger partial charge is 0.480 e. The summed E-state index contributed by atoms with van der Waals surface area (Å²) in [5.41, 5.74) is 3.27. The molecule has 1 aliphatic carbocycles.